The third-order valence-corrected chi connectivity index (χ3v) is 4.24. The minimum Gasteiger partial charge on any atom is -0.496 e. The molecule has 7 heteroatoms. The summed E-state index contributed by atoms with van der Waals surface area (Å²) < 4.78 is 6.01. The number of nitrogens with zero attached hydrogens (tertiary/aromatic N) is 2. The van der Waals surface area contributed by atoms with Crippen molar-refractivity contribution in [2.45, 2.75) is 23.4 Å². The minimum atomic E-state index is -0.250. The Bertz CT molecular complexity index is 599. The zero-order valence-corrected chi connectivity index (χ0v) is 13.0. The van der Waals surface area contributed by atoms with E-state index in [2.05, 4.69) is 29.4 Å². The number of ether oxygens (including phenoxy) is 1. The van der Waals surface area contributed by atoms with Gasteiger partial charge in [0, 0.05) is 5.25 Å². The van der Waals surface area contributed by atoms with Crippen LogP contribution < -0.4 is 10.1 Å². The molecule has 0 radical (unpaired) electrons. The lowest BCUT2D eigenvalue weighted by Gasteiger charge is -2.06. The molecule has 20 heavy (non-hydrogen) atoms. The Morgan fingerprint density at radius 1 is 1.35 bits per heavy atom. The Morgan fingerprint density at radius 2 is 2.10 bits per heavy atom. The molecule has 0 fully saturated rings. The Labute approximate surface area is 125 Å². The third kappa shape index (κ3) is 3.71. The standard InChI is InChI=1S/C13H15N3O2S2/c1-8(2)19-13-16-15-12(20-13)14-11(17)9-6-4-5-7-10(9)18-3/h4-8H,1-3H3,(H,14,15,17). The number of nitrogens with one attached hydrogen (secondary N) is 1. The van der Waals surface area contributed by atoms with Crippen LogP contribution in [0.5, 0.6) is 5.75 Å². The molecule has 2 aromatic rings. The van der Waals surface area contributed by atoms with Crippen molar-refractivity contribution in [1.29, 1.82) is 0 Å². The summed E-state index contributed by atoms with van der Waals surface area (Å²) in [5.41, 5.74) is 0.475. The molecular weight excluding hydrogens is 294 g/mol. The van der Waals surface area contributed by atoms with Crippen LogP contribution in [-0.2, 0) is 0 Å². The van der Waals surface area contributed by atoms with Gasteiger partial charge in [0.15, 0.2) is 4.34 Å². The molecule has 0 saturated heterocycles. The van der Waals surface area contributed by atoms with Crippen LogP contribution in [0, 0.1) is 0 Å². The Balaban J connectivity index is 2.09. The normalized spacial score (nSPS) is 10.6. The van der Waals surface area contributed by atoms with E-state index in [9.17, 15) is 4.79 Å². The molecule has 5 nitrogen and oxygen atoms in total. The second-order valence-corrected chi connectivity index (χ2v) is 7.00. The molecular formula is C13H15N3O2S2. The van der Waals surface area contributed by atoms with Crippen molar-refractivity contribution in [2.24, 2.45) is 0 Å². The van der Waals surface area contributed by atoms with Crippen molar-refractivity contribution >= 4 is 34.1 Å². The first-order chi connectivity index (χ1) is 9.60. The number of carbonyl (C=O) groups is 1. The van der Waals surface area contributed by atoms with Crippen LogP contribution in [-0.4, -0.2) is 28.5 Å². The summed E-state index contributed by atoms with van der Waals surface area (Å²) >= 11 is 2.98. The molecule has 0 aliphatic heterocycles. The monoisotopic (exact) mass is 309 g/mol. The first-order valence-electron chi connectivity index (χ1n) is 6.04. The van der Waals surface area contributed by atoms with Gasteiger partial charge in [-0.15, -0.1) is 10.2 Å². The Morgan fingerprint density at radius 3 is 2.80 bits per heavy atom. The number of benzene rings is 1. The number of para-hydroxylation sites is 1. The van der Waals surface area contributed by atoms with Crippen LogP contribution >= 0.6 is 23.1 Å². The van der Waals surface area contributed by atoms with Crippen LogP contribution in [0.25, 0.3) is 0 Å². The number of carbonyl (C=O) groups excluding carboxylic acids is 1. The van der Waals surface area contributed by atoms with Crippen molar-refractivity contribution < 1.29 is 9.53 Å². The van der Waals surface area contributed by atoms with Gasteiger partial charge in [-0.05, 0) is 12.1 Å². The van der Waals surface area contributed by atoms with Gasteiger partial charge < -0.3 is 4.74 Å². The van der Waals surface area contributed by atoms with Crippen LogP contribution in [0.1, 0.15) is 24.2 Å². The first kappa shape index (κ1) is 14.8. The van der Waals surface area contributed by atoms with Crippen LogP contribution in [0.3, 0.4) is 0 Å². The number of anilines is 1. The fourth-order valence-corrected chi connectivity index (χ4v) is 3.48. The number of hydrogen-bond donors (Lipinski definition) is 1. The van der Waals surface area contributed by atoms with E-state index in [1.165, 1.54) is 18.4 Å². The van der Waals surface area contributed by atoms with Gasteiger partial charge in [0.25, 0.3) is 5.91 Å². The molecule has 0 atom stereocenters. The van der Waals surface area contributed by atoms with Gasteiger partial charge in [-0.25, -0.2) is 0 Å². The van der Waals surface area contributed by atoms with E-state index in [-0.39, 0.29) is 5.91 Å². The van der Waals surface area contributed by atoms with Gasteiger partial charge in [0.2, 0.25) is 5.13 Å². The summed E-state index contributed by atoms with van der Waals surface area (Å²) in [5, 5.41) is 11.7. The number of thioether (sulfide) groups is 1. The van der Waals surface area contributed by atoms with Crippen molar-refractivity contribution in [1.82, 2.24) is 10.2 Å². The summed E-state index contributed by atoms with van der Waals surface area (Å²) in [6.45, 7) is 4.16. The Hall–Kier alpha value is -1.60. The van der Waals surface area contributed by atoms with Gasteiger partial charge in [-0.2, -0.15) is 0 Å². The number of methoxy groups -OCH3 is 1. The highest BCUT2D eigenvalue weighted by atomic mass is 32.2. The highest BCUT2D eigenvalue weighted by Gasteiger charge is 2.14. The van der Waals surface area contributed by atoms with Crippen LogP contribution in [0.15, 0.2) is 28.6 Å². The van der Waals surface area contributed by atoms with Gasteiger partial charge in [0.05, 0.1) is 12.7 Å². The molecule has 0 bridgehead atoms. The lowest BCUT2D eigenvalue weighted by molar-refractivity contribution is 0.102. The summed E-state index contributed by atoms with van der Waals surface area (Å²) in [4.78, 5) is 12.2. The first-order valence-corrected chi connectivity index (χ1v) is 7.74. The fourth-order valence-electron chi connectivity index (χ4n) is 1.51. The third-order valence-electron chi connectivity index (χ3n) is 2.32. The van der Waals surface area contributed by atoms with Gasteiger partial charge >= 0.3 is 0 Å². The highest BCUT2D eigenvalue weighted by molar-refractivity contribution is 8.01. The highest BCUT2D eigenvalue weighted by Crippen LogP contribution is 2.29. The van der Waals surface area contributed by atoms with Gasteiger partial charge in [-0.1, -0.05) is 49.1 Å². The second-order valence-electron chi connectivity index (χ2n) is 4.19. The molecule has 106 valence electrons. The summed E-state index contributed by atoms with van der Waals surface area (Å²) in [6.07, 6.45) is 0. The Kier molecular flexibility index (Phi) is 4.97. The van der Waals surface area contributed by atoms with Gasteiger partial charge in [-0.3, -0.25) is 10.1 Å². The van der Waals surface area contributed by atoms with E-state index in [0.717, 1.165) is 4.34 Å². The van der Waals surface area contributed by atoms with E-state index < -0.39 is 0 Å². The van der Waals surface area contributed by atoms with E-state index in [0.29, 0.717) is 21.7 Å². The maximum absolute atomic E-state index is 12.2. The smallest absolute Gasteiger partial charge is 0.261 e. The molecule has 1 N–H and O–H groups in total. The predicted molar refractivity (Wildman–Crippen MR) is 81.8 cm³/mol. The van der Waals surface area contributed by atoms with Gasteiger partial charge in [0.1, 0.15) is 5.75 Å². The molecule has 0 aliphatic carbocycles. The molecule has 2 rings (SSSR count). The maximum Gasteiger partial charge on any atom is 0.261 e. The molecule has 1 amide bonds. The minimum absolute atomic E-state index is 0.250. The molecule has 0 spiro atoms. The zero-order valence-electron chi connectivity index (χ0n) is 11.4. The van der Waals surface area contributed by atoms with E-state index in [1.54, 1.807) is 30.0 Å². The zero-order chi connectivity index (χ0) is 14.5. The SMILES string of the molecule is COc1ccccc1C(=O)Nc1nnc(SC(C)C)s1. The number of hydrogen-bond acceptors (Lipinski definition) is 6. The van der Waals surface area contributed by atoms with E-state index in [1.807, 2.05) is 6.07 Å². The quantitative estimate of drug-likeness (QED) is 0.678. The van der Waals surface area contributed by atoms with E-state index in [4.69, 9.17) is 4.74 Å². The average molecular weight is 309 g/mol. The molecule has 0 saturated carbocycles. The van der Waals surface area contributed by atoms with Crippen molar-refractivity contribution in [2.75, 3.05) is 12.4 Å². The summed E-state index contributed by atoms with van der Waals surface area (Å²) in [7, 11) is 1.54. The molecule has 1 aromatic carbocycles. The maximum atomic E-state index is 12.2. The van der Waals surface area contributed by atoms with E-state index >= 15 is 0 Å². The number of amides is 1. The molecule has 1 heterocycles. The van der Waals surface area contributed by atoms with Crippen molar-refractivity contribution in [3.8, 4) is 5.75 Å². The largest absolute Gasteiger partial charge is 0.496 e. The average Bonchev–Trinajstić information content (AvgIpc) is 2.85. The predicted octanol–water partition coefficient (Wildman–Crippen LogP) is 3.30. The van der Waals surface area contributed by atoms with Crippen molar-refractivity contribution in [3.63, 3.8) is 0 Å². The summed E-state index contributed by atoms with van der Waals surface area (Å²) in [6, 6.07) is 7.06. The topological polar surface area (TPSA) is 64.1 Å². The van der Waals surface area contributed by atoms with Crippen LogP contribution in [0.4, 0.5) is 5.13 Å². The van der Waals surface area contributed by atoms with Crippen molar-refractivity contribution in [3.05, 3.63) is 29.8 Å². The lowest BCUT2D eigenvalue weighted by atomic mass is 10.2. The molecule has 1 aromatic heterocycles. The second kappa shape index (κ2) is 6.71. The number of aromatic nitrogens is 2. The van der Waals surface area contributed by atoms with Crippen LogP contribution in [0.2, 0.25) is 0 Å². The fraction of sp³-hybridized carbons (Fsp3) is 0.308. The molecule has 0 aliphatic rings. The lowest BCUT2D eigenvalue weighted by Crippen LogP contribution is -2.12. The molecule has 0 unspecified atom stereocenters. The summed E-state index contributed by atoms with van der Waals surface area (Å²) in [5.74, 6) is 0.283. The number of rotatable bonds is 5.